The highest BCUT2D eigenvalue weighted by Crippen LogP contribution is 2.31. The molecule has 0 aliphatic carbocycles. The molecule has 84 valence electrons. The Morgan fingerprint density at radius 1 is 1.33 bits per heavy atom. The predicted octanol–water partition coefficient (Wildman–Crippen LogP) is 2.87. The molecule has 0 unspecified atom stereocenters. The van der Waals surface area contributed by atoms with Gasteiger partial charge in [-0.2, -0.15) is 0 Å². The Morgan fingerprint density at radius 2 is 2.00 bits per heavy atom. The average molecular weight is 208 g/mol. The minimum atomic E-state index is 0.0462. The van der Waals surface area contributed by atoms with E-state index < -0.39 is 0 Å². The highest BCUT2D eigenvalue weighted by atomic mass is 16.5. The van der Waals surface area contributed by atoms with Gasteiger partial charge in [-0.3, -0.25) is 0 Å². The van der Waals surface area contributed by atoms with Crippen LogP contribution in [0.2, 0.25) is 0 Å². The second-order valence-electron chi connectivity index (χ2n) is 3.99. The van der Waals surface area contributed by atoms with E-state index in [0.29, 0.717) is 5.92 Å². The van der Waals surface area contributed by atoms with E-state index in [1.165, 1.54) is 5.56 Å². The molecule has 2 heteroatoms. The highest BCUT2D eigenvalue weighted by Gasteiger charge is 2.14. The van der Waals surface area contributed by atoms with Gasteiger partial charge < -0.3 is 9.84 Å². The molecular formula is C13H20O2. The van der Waals surface area contributed by atoms with Crippen molar-refractivity contribution in [3.63, 3.8) is 0 Å². The number of methoxy groups -OCH3 is 1. The molecule has 0 amide bonds. The van der Waals surface area contributed by atoms with Crippen LogP contribution in [0.1, 0.15) is 43.4 Å². The smallest absolute Gasteiger partial charge is 0.127 e. The molecule has 0 aliphatic heterocycles. The van der Waals surface area contributed by atoms with Crippen LogP contribution in [-0.4, -0.2) is 12.2 Å². The molecule has 0 fully saturated rings. The normalized spacial score (nSPS) is 10.8. The summed E-state index contributed by atoms with van der Waals surface area (Å²) in [7, 11) is 1.66. The molecule has 0 spiro atoms. The lowest BCUT2D eigenvalue weighted by Crippen LogP contribution is -2.03. The molecule has 0 aromatic heterocycles. The number of rotatable bonds is 4. The summed E-state index contributed by atoms with van der Waals surface area (Å²) in [6, 6.07) is 4.19. The molecule has 1 aromatic rings. The largest absolute Gasteiger partial charge is 0.496 e. The third-order valence-corrected chi connectivity index (χ3v) is 2.74. The van der Waals surface area contributed by atoms with Crippen LogP contribution in [0.5, 0.6) is 5.75 Å². The second-order valence-corrected chi connectivity index (χ2v) is 3.99. The number of ether oxygens (including phenoxy) is 1. The first kappa shape index (κ1) is 12.1. The third-order valence-electron chi connectivity index (χ3n) is 2.74. The van der Waals surface area contributed by atoms with E-state index in [9.17, 15) is 5.11 Å². The van der Waals surface area contributed by atoms with Crippen molar-refractivity contribution in [2.24, 2.45) is 0 Å². The van der Waals surface area contributed by atoms with Crippen LogP contribution < -0.4 is 4.74 Å². The van der Waals surface area contributed by atoms with Crippen LogP contribution in [0.3, 0.4) is 0 Å². The first-order chi connectivity index (χ1) is 7.15. The standard InChI is InChI=1S/C13H20O2/c1-5-10-6-7-11(9(2)3)12(8-14)13(10)15-4/h6-7,9,14H,5,8H2,1-4H3. The van der Waals surface area contributed by atoms with Crippen LogP contribution in [0.25, 0.3) is 0 Å². The molecule has 1 rings (SSSR count). The lowest BCUT2D eigenvalue weighted by molar-refractivity contribution is 0.271. The molecule has 0 atom stereocenters. The SMILES string of the molecule is CCc1ccc(C(C)C)c(CO)c1OC. The van der Waals surface area contributed by atoms with E-state index in [1.54, 1.807) is 7.11 Å². The van der Waals surface area contributed by atoms with Gasteiger partial charge in [0.15, 0.2) is 0 Å². The van der Waals surface area contributed by atoms with Crippen LogP contribution in [-0.2, 0) is 13.0 Å². The van der Waals surface area contributed by atoms with E-state index in [1.807, 2.05) is 0 Å². The van der Waals surface area contributed by atoms with Crippen molar-refractivity contribution in [1.82, 2.24) is 0 Å². The molecular weight excluding hydrogens is 188 g/mol. The molecule has 1 aromatic carbocycles. The van der Waals surface area contributed by atoms with Gasteiger partial charge in [-0.15, -0.1) is 0 Å². The summed E-state index contributed by atoms with van der Waals surface area (Å²) in [6.07, 6.45) is 0.925. The van der Waals surface area contributed by atoms with Crippen molar-refractivity contribution in [3.8, 4) is 5.75 Å². The fourth-order valence-corrected chi connectivity index (χ4v) is 1.93. The first-order valence-corrected chi connectivity index (χ1v) is 5.45. The molecule has 15 heavy (non-hydrogen) atoms. The zero-order valence-electron chi connectivity index (χ0n) is 10.0. The number of benzene rings is 1. The summed E-state index contributed by atoms with van der Waals surface area (Å²) in [4.78, 5) is 0. The summed E-state index contributed by atoms with van der Waals surface area (Å²) < 4.78 is 5.39. The van der Waals surface area contributed by atoms with Crippen molar-refractivity contribution >= 4 is 0 Å². The average Bonchev–Trinajstić information content (AvgIpc) is 2.26. The number of hydrogen-bond donors (Lipinski definition) is 1. The Kier molecular flexibility index (Phi) is 4.15. The summed E-state index contributed by atoms with van der Waals surface area (Å²) in [5.41, 5.74) is 3.27. The minimum Gasteiger partial charge on any atom is -0.496 e. The molecule has 0 saturated heterocycles. The topological polar surface area (TPSA) is 29.5 Å². The van der Waals surface area contributed by atoms with Gasteiger partial charge in [-0.25, -0.2) is 0 Å². The fraction of sp³-hybridized carbons (Fsp3) is 0.538. The first-order valence-electron chi connectivity index (χ1n) is 5.45. The maximum absolute atomic E-state index is 9.42. The number of hydrogen-bond acceptors (Lipinski definition) is 2. The van der Waals surface area contributed by atoms with E-state index in [2.05, 4.69) is 32.9 Å². The van der Waals surface area contributed by atoms with Gasteiger partial charge in [-0.1, -0.05) is 32.9 Å². The fourth-order valence-electron chi connectivity index (χ4n) is 1.93. The van der Waals surface area contributed by atoms with Gasteiger partial charge in [0.25, 0.3) is 0 Å². The summed E-state index contributed by atoms with van der Waals surface area (Å²) in [5, 5.41) is 9.42. The van der Waals surface area contributed by atoms with Crippen molar-refractivity contribution in [1.29, 1.82) is 0 Å². The van der Waals surface area contributed by atoms with Crippen molar-refractivity contribution in [2.75, 3.05) is 7.11 Å². The second kappa shape index (κ2) is 5.17. The molecule has 0 heterocycles. The van der Waals surface area contributed by atoms with E-state index >= 15 is 0 Å². The lowest BCUT2D eigenvalue weighted by atomic mass is 9.94. The van der Waals surface area contributed by atoms with E-state index in [4.69, 9.17) is 4.74 Å². The van der Waals surface area contributed by atoms with Gasteiger partial charge >= 0.3 is 0 Å². The third kappa shape index (κ3) is 2.32. The lowest BCUT2D eigenvalue weighted by Gasteiger charge is -2.17. The van der Waals surface area contributed by atoms with Crippen molar-refractivity contribution in [3.05, 3.63) is 28.8 Å². The molecule has 0 radical (unpaired) electrons. The van der Waals surface area contributed by atoms with Gasteiger partial charge in [-0.05, 0) is 23.5 Å². The zero-order valence-corrected chi connectivity index (χ0v) is 10.0. The Morgan fingerprint density at radius 3 is 2.40 bits per heavy atom. The summed E-state index contributed by atoms with van der Waals surface area (Å²) in [6.45, 7) is 6.39. The van der Waals surface area contributed by atoms with Crippen LogP contribution in [0.4, 0.5) is 0 Å². The number of aryl methyl sites for hydroxylation is 1. The summed E-state index contributed by atoms with van der Waals surface area (Å²) >= 11 is 0. The van der Waals surface area contributed by atoms with Crippen LogP contribution >= 0.6 is 0 Å². The maximum Gasteiger partial charge on any atom is 0.127 e. The number of aliphatic hydroxyl groups is 1. The Hall–Kier alpha value is -1.02. The molecule has 2 nitrogen and oxygen atoms in total. The quantitative estimate of drug-likeness (QED) is 0.824. The van der Waals surface area contributed by atoms with Gasteiger partial charge in [0.05, 0.1) is 13.7 Å². The van der Waals surface area contributed by atoms with E-state index in [0.717, 1.165) is 23.3 Å². The van der Waals surface area contributed by atoms with Gasteiger partial charge in [0.2, 0.25) is 0 Å². The molecule has 1 N–H and O–H groups in total. The Balaban J connectivity index is 3.34. The van der Waals surface area contributed by atoms with Gasteiger partial charge in [0.1, 0.15) is 5.75 Å². The summed E-state index contributed by atoms with van der Waals surface area (Å²) in [5.74, 6) is 1.26. The molecule has 0 bridgehead atoms. The maximum atomic E-state index is 9.42. The van der Waals surface area contributed by atoms with Crippen LogP contribution in [0, 0.1) is 0 Å². The molecule has 0 aliphatic rings. The predicted molar refractivity (Wildman–Crippen MR) is 62.4 cm³/mol. The zero-order chi connectivity index (χ0) is 11.4. The number of aliphatic hydroxyl groups excluding tert-OH is 1. The van der Waals surface area contributed by atoms with Crippen molar-refractivity contribution < 1.29 is 9.84 Å². The Bertz CT molecular complexity index is 330. The van der Waals surface area contributed by atoms with Crippen molar-refractivity contribution in [2.45, 2.75) is 39.7 Å². The molecule has 0 saturated carbocycles. The highest BCUT2D eigenvalue weighted by molar-refractivity contribution is 5.47. The Labute approximate surface area is 91.9 Å². The monoisotopic (exact) mass is 208 g/mol. The van der Waals surface area contributed by atoms with Gasteiger partial charge in [0, 0.05) is 5.56 Å². The van der Waals surface area contributed by atoms with E-state index in [-0.39, 0.29) is 6.61 Å². The minimum absolute atomic E-state index is 0.0462. The van der Waals surface area contributed by atoms with Crippen LogP contribution in [0.15, 0.2) is 12.1 Å².